The highest BCUT2D eigenvalue weighted by atomic mass is 16.5. The van der Waals surface area contributed by atoms with Gasteiger partial charge >= 0.3 is 6.03 Å². The minimum atomic E-state index is -0.0649. The van der Waals surface area contributed by atoms with Crippen LogP contribution in [0, 0.1) is 6.92 Å². The molecule has 0 aliphatic carbocycles. The fraction of sp³-hybridized carbons (Fsp3) is 0.409. The maximum absolute atomic E-state index is 12.8. The molecule has 5 nitrogen and oxygen atoms in total. The van der Waals surface area contributed by atoms with E-state index in [0.717, 1.165) is 43.9 Å². The van der Waals surface area contributed by atoms with Gasteiger partial charge in [-0.3, -0.25) is 4.90 Å². The lowest BCUT2D eigenvalue weighted by Crippen LogP contribution is -2.39. The molecule has 2 aromatic rings. The maximum atomic E-state index is 12.8. The van der Waals surface area contributed by atoms with Crippen LogP contribution in [0.15, 0.2) is 48.5 Å². The van der Waals surface area contributed by atoms with Gasteiger partial charge in [-0.05, 0) is 56.3 Å². The van der Waals surface area contributed by atoms with Crippen LogP contribution in [-0.2, 0) is 0 Å². The number of nitrogens with one attached hydrogen (secondary N) is 1. The summed E-state index contributed by atoms with van der Waals surface area (Å²) < 4.78 is 6.01. The van der Waals surface area contributed by atoms with Crippen molar-refractivity contribution in [1.82, 2.24) is 9.80 Å². The van der Waals surface area contributed by atoms with Crippen LogP contribution in [-0.4, -0.2) is 48.1 Å². The number of carbonyl (C=O) groups excluding carboxylic acids is 1. The molecule has 0 saturated carbocycles. The Morgan fingerprint density at radius 2 is 1.96 bits per heavy atom. The lowest BCUT2D eigenvalue weighted by molar-refractivity contribution is 0.202. The van der Waals surface area contributed by atoms with Crippen molar-refractivity contribution >= 4 is 11.7 Å². The van der Waals surface area contributed by atoms with E-state index in [9.17, 15) is 4.79 Å². The van der Waals surface area contributed by atoms with Crippen LogP contribution in [0.1, 0.15) is 25.8 Å². The molecule has 0 bridgehead atoms. The molecule has 3 rings (SSSR count). The molecule has 5 heteroatoms. The smallest absolute Gasteiger partial charge is 0.322 e. The Morgan fingerprint density at radius 1 is 1.19 bits per heavy atom. The molecule has 1 saturated heterocycles. The van der Waals surface area contributed by atoms with E-state index >= 15 is 0 Å². The summed E-state index contributed by atoms with van der Waals surface area (Å²) >= 11 is 0. The summed E-state index contributed by atoms with van der Waals surface area (Å²) in [5.74, 6) is 1.41. The third-order valence-electron chi connectivity index (χ3n) is 5.13. The van der Waals surface area contributed by atoms with Crippen LogP contribution in [0.4, 0.5) is 10.5 Å². The van der Waals surface area contributed by atoms with Crippen LogP contribution >= 0.6 is 0 Å². The van der Waals surface area contributed by atoms with E-state index < -0.39 is 0 Å². The maximum Gasteiger partial charge on any atom is 0.322 e. The van der Waals surface area contributed by atoms with Gasteiger partial charge in [0.25, 0.3) is 0 Å². The Hall–Kier alpha value is -2.53. The average Bonchev–Trinajstić information content (AvgIpc) is 3.14. The zero-order chi connectivity index (χ0) is 19.2. The second-order valence-electron chi connectivity index (χ2n) is 6.95. The van der Waals surface area contributed by atoms with Crippen molar-refractivity contribution in [3.63, 3.8) is 0 Å². The van der Waals surface area contributed by atoms with Crippen molar-refractivity contribution in [2.75, 3.05) is 31.5 Å². The number of ether oxygens (including phenoxy) is 1. The molecule has 1 aliphatic rings. The van der Waals surface area contributed by atoms with Crippen LogP contribution < -0.4 is 10.1 Å². The summed E-state index contributed by atoms with van der Waals surface area (Å²) in [5.41, 5.74) is 1.82. The molecular weight excluding hydrogens is 338 g/mol. The van der Waals surface area contributed by atoms with Crippen LogP contribution in [0.25, 0.3) is 0 Å². The number of hydrogen-bond acceptors (Lipinski definition) is 3. The van der Waals surface area contributed by atoms with Crippen molar-refractivity contribution in [3.8, 4) is 11.5 Å². The highest BCUT2D eigenvalue weighted by Crippen LogP contribution is 2.30. The van der Waals surface area contributed by atoms with Gasteiger partial charge in [0.05, 0.1) is 5.69 Å². The molecule has 2 aromatic carbocycles. The molecule has 1 N–H and O–H groups in total. The van der Waals surface area contributed by atoms with E-state index in [1.807, 2.05) is 60.4 Å². The van der Waals surface area contributed by atoms with Gasteiger partial charge in [0.2, 0.25) is 0 Å². The quantitative estimate of drug-likeness (QED) is 0.802. The van der Waals surface area contributed by atoms with E-state index in [1.165, 1.54) is 0 Å². The van der Waals surface area contributed by atoms with E-state index in [2.05, 4.69) is 24.1 Å². The molecule has 0 radical (unpaired) electrons. The zero-order valence-electron chi connectivity index (χ0n) is 16.4. The first-order valence-corrected chi connectivity index (χ1v) is 9.74. The lowest BCUT2D eigenvalue weighted by atomic mass is 10.2. The second-order valence-corrected chi connectivity index (χ2v) is 6.95. The topological polar surface area (TPSA) is 44.8 Å². The van der Waals surface area contributed by atoms with Crippen molar-refractivity contribution in [2.45, 2.75) is 33.2 Å². The molecule has 1 fully saturated rings. The molecule has 1 unspecified atom stereocenters. The standard InChI is InChI=1S/C22H29N3O2/c1-4-24(5-2)18-13-14-25(16-18)22(26)23-20-11-6-7-12-21(20)27-19-10-8-9-17(3)15-19/h6-12,15,18H,4-5,13-14,16H2,1-3H3,(H,23,26). The second kappa shape index (κ2) is 8.91. The first-order chi connectivity index (χ1) is 13.1. The Labute approximate surface area is 161 Å². The van der Waals surface area contributed by atoms with E-state index in [0.29, 0.717) is 17.5 Å². The number of benzene rings is 2. The summed E-state index contributed by atoms with van der Waals surface area (Å²) in [5, 5.41) is 3.03. The molecule has 27 heavy (non-hydrogen) atoms. The van der Waals surface area contributed by atoms with Crippen molar-refractivity contribution in [3.05, 3.63) is 54.1 Å². The third-order valence-corrected chi connectivity index (χ3v) is 5.13. The predicted molar refractivity (Wildman–Crippen MR) is 110 cm³/mol. The van der Waals surface area contributed by atoms with Gasteiger partial charge in [0, 0.05) is 19.1 Å². The zero-order valence-corrected chi connectivity index (χ0v) is 16.4. The summed E-state index contributed by atoms with van der Waals surface area (Å²) in [6.45, 7) is 9.96. The van der Waals surface area contributed by atoms with Crippen molar-refractivity contribution < 1.29 is 9.53 Å². The number of para-hydroxylation sites is 2. The number of likely N-dealkylation sites (tertiary alicyclic amines) is 1. The van der Waals surface area contributed by atoms with Gasteiger partial charge in [-0.25, -0.2) is 4.79 Å². The summed E-state index contributed by atoms with van der Waals surface area (Å²) in [4.78, 5) is 17.1. The number of urea groups is 1. The normalized spacial score (nSPS) is 16.6. The van der Waals surface area contributed by atoms with Gasteiger partial charge in [-0.1, -0.05) is 38.1 Å². The number of anilines is 1. The first kappa shape index (κ1) is 19.2. The van der Waals surface area contributed by atoms with Crippen LogP contribution in [0.5, 0.6) is 11.5 Å². The Morgan fingerprint density at radius 3 is 2.70 bits per heavy atom. The molecule has 0 aromatic heterocycles. The number of carbonyl (C=O) groups is 1. The lowest BCUT2D eigenvalue weighted by Gasteiger charge is -2.26. The largest absolute Gasteiger partial charge is 0.455 e. The van der Waals surface area contributed by atoms with Gasteiger partial charge in [-0.15, -0.1) is 0 Å². The van der Waals surface area contributed by atoms with Crippen molar-refractivity contribution in [1.29, 1.82) is 0 Å². The summed E-state index contributed by atoms with van der Waals surface area (Å²) in [6, 6.07) is 15.8. The molecule has 2 amide bonds. The van der Waals surface area contributed by atoms with E-state index in [1.54, 1.807) is 0 Å². The van der Waals surface area contributed by atoms with Crippen LogP contribution in [0.2, 0.25) is 0 Å². The number of nitrogens with zero attached hydrogens (tertiary/aromatic N) is 2. The van der Waals surface area contributed by atoms with E-state index in [-0.39, 0.29) is 6.03 Å². The summed E-state index contributed by atoms with van der Waals surface area (Å²) in [6.07, 6.45) is 1.02. The highest BCUT2D eigenvalue weighted by molar-refractivity contribution is 5.91. The molecule has 144 valence electrons. The molecule has 1 aliphatic heterocycles. The van der Waals surface area contributed by atoms with Gasteiger partial charge in [-0.2, -0.15) is 0 Å². The fourth-order valence-corrected chi connectivity index (χ4v) is 3.62. The summed E-state index contributed by atoms with van der Waals surface area (Å²) in [7, 11) is 0. The molecular formula is C22H29N3O2. The number of rotatable bonds is 6. The van der Waals surface area contributed by atoms with Crippen LogP contribution in [0.3, 0.4) is 0 Å². The Balaban J connectivity index is 1.66. The minimum Gasteiger partial charge on any atom is -0.455 e. The first-order valence-electron chi connectivity index (χ1n) is 9.74. The SMILES string of the molecule is CCN(CC)C1CCN(C(=O)Nc2ccccc2Oc2cccc(C)c2)C1. The third kappa shape index (κ3) is 4.80. The number of amides is 2. The Kier molecular flexibility index (Phi) is 6.35. The number of aryl methyl sites for hydroxylation is 1. The number of likely N-dealkylation sites (N-methyl/N-ethyl adjacent to an activating group) is 1. The van der Waals surface area contributed by atoms with E-state index in [4.69, 9.17) is 4.74 Å². The molecule has 1 atom stereocenters. The minimum absolute atomic E-state index is 0.0649. The number of hydrogen-bond donors (Lipinski definition) is 1. The van der Waals surface area contributed by atoms with Gasteiger partial charge in [0.15, 0.2) is 5.75 Å². The fourth-order valence-electron chi connectivity index (χ4n) is 3.62. The van der Waals surface area contributed by atoms with Gasteiger partial charge < -0.3 is 15.0 Å². The monoisotopic (exact) mass is 367 g/mol. The van der Waals surface area contributed by atoms with Gasteiger partial charge in [0.1, 0.15) is 5.75 Å². The highest BCUT2D eigenvalue weighted by Gasteiger charge is 2.29. The Bertz CT molecular complexity index is 774. The predicted octanol–water partition coefficient (Wildman–Crippen LogP) is 4.74. The average molecular weight is 367 g/mol. The van der Waals surface area contributed by atoms with Crippen molar-refractivity contribution in [2.24, 2.45) is 0 Å². The molecule has 1 heterocycles. The molecule has 0 spiro atoms.